The van der Waals surface area contributed by atoms with Crippen molar-refractivity contribution in [3.05, 3.63) is 47.1 Å². The highest BCUT2D eigenvalue weighted by Gasteiger charge is 2.21. The molecule has 0 aliphatic heterocycles. The quantitative estimate of drug-likeness (QED) is 0.311. The Morgan fingerprint density at radius 3 is 2.03 bits per heavy atom. The number of rotatable bonds is 6. The van der Waals surface area contributed by atoms with Gasteiger partial charge in [-0.1, -0.05) is 57.3 Å². The summed E-state index contributed by atoms with van der Waals surface area (Å²) in [6, 6.07) is 2.86. The first-order valence-electron chi connectivity index (χ1n) is 12.0. The second-order valence-corrected chi connectivity index (χ2v) is 9.49. The molecule has 0 nitrogen and oxygen atoms in total. The molecule has 0 radical (unpaired) electrons. The van der Waals surface area contributed by atoms with Crippen LogP contribution in [0.3, 0.4) is 0 Å². The number of benzene rings is 1. The first-order chi connectivity index (χ1) is 14.9. The third-order valence-corrected chi connectivity index (χ3v) is 7.14. The minimum Gasteiger partial charge on any atom is -0.206 e. The molecule has 2 fully saturated rings. The average Bonchev–Trinajstić information content (AvgIpc) is 2.74. The zero-order valence-electron chi connectivity index (χ0n) is 18.5. The van der Waals surface area contributed by atoms with Gasteiger partial charge in [0.25, 0.3) is 6.08 Å². The Labute approximate surface area is 184 Å². The Hall–Kier alpha value is -1.76. The Morgan fingerprint density at radius 2 is 1.48 bits per heavy atom. The molecule has 0 bridgehead atoms. The van der Waals surface area contributed by atoms with Gasteiger partial charge in [0.1, 0.15) is 11.6 Å². The largest absolute Gasteiger partial charge is 0.266 e. The number of aryl methyl sites for hydroxylation is 1. The van der Waals surface area contributed by atoms with Gasteiger partial charge in [-0.2, -0.15) is 8.78 Å². The van der Waals surface area contributed by atoms with E-state index in [4.69, 9.17) is 0 Å². The zero-order chi connectivity index (χ0) is 22.2. The molecule has 2 saturated carbocycles. The highest BCUT2D eigenvalue weighted by molar-refractivity contribution is 5.39. The summed E-state index contributed by atoms with van der Waals surface area (Å²) >= 11 is 0. The van der Waals surface area contributed by atoms with Gasteiger partial charge in [-0.3, -0.25) is 0 Å². The molecular formula is C27H34F4. The fourth-order valence-electron chi connectivity index (χ4n) is 5.26. The number of halogens is 4. The predicted molar refractivity (Wildman–Crippen MR) is 118 cm³/mol. The van der Waals surface area contributed by atoms with Crippen molar-refractivity contribution in [2.75, 3.05) is 0 Å². The summed E-state index contributed by atoms with van der Waals surface area (Å²) in [6.45, 7) is 2.24. The number of hydrogen-bond acceptors (Lipinski definition) is 0. The minimum absolute atomic E-state index is 0.00800. The lowest BCUT2D eigenvalue weighted by atomic mass is 9.78. The van der Waals surface area contributed by atoms with E-state index >= 15 is 0 Å². The van der Waals surface area contributed by atoms with E-state index in [0.717, 1.165) is 18.4 Å². The van der Waals surface area contributed by atoms with Gasteiger partial charge in [-0.25, -0.2) is 8.78 Å². The van der Waals surface area contributed by atoms with Gasteiger partial charge in [-0.15, -0.1) is 0 Å². The van der Waals surface area contributed by atoms with Crippen LogP contribution >= 0.6 is 0 Å². The van der Waals surface area contributed by atoms with E-state index in [1.54, 1.807) is 0 Å². The monoisotopic (exact) mass is 434 g/mol. The van der Waals surface area contributed by atoms with Crippen molar-refractivity contribution in [3.63, 3.8) is 0 Å². The third-order valence-electron chi connectivity index (χ3n) is 7.14. The molecule has 0 N–H and O–H groups in total. The lowest BCUT2D eigenvalue weighted by molar-refractivity contribution is 0.252. The molecule has 3 rings (SSSR count). The van der Waals surface area contributed by atoms with Crippen LogP contribution in [0.4, 0.5) is 17.6 Å². The summed E-state index contributed by atoms with van der Waals surface area (Å²) in [4.78, 5) is 0. The molecule has 2 aliphatic carbocycles. The van der Waals surface area contributed by atoms with E-state index in [0.29, 0.717) is 43.6 Å². The molecule has 2 aliphatic rings. The molecule has 170 valence electrons. The topological polar surface area (TPSA) is 0 Å². The SMILES string of the molecule is CCCC1CCC(CCc2cc(F)c(C#CC3CCC(C=C(F)F)CC3)c(F)c2)CC1. The van der Waals surface area contributed by atoms with Gasteiger partial charge in [0.15, 0.2) is 0 Å². The number of hydrogen-bond donors (Lipinski definition) is 0. The van der Waals surface area contributed by atoms with E-state index in [1.807, 2.05) is 0 Å². The van der Waals surface area contributed by atoms with Gasteiger partial charge in [0, 0.05) is 5.92 Å². The summed E-state index contributed by atoms with van der Waals surface area (Å²) < 4.78 is 53.8. The Morgan fingerprint density at radius 1 is 0.903 bits per heavy atom. The van der Waals surface area contributed by atoms with Gasteiger partial charge >= 0.3 is 0 Å². The van der Waals surface area contributed by atoms with Gasteiger partial charge in [0.2, 0.25) is 0 Å². The van der Waals surface area contributed by atoms with Crippen LogP contribution in [0.1, 0.15) is 88.7 Å². The molecule has 0 atom stereocenters. The first kappa shape index (κ1) is 23.9. The van der Waals surface area contributed by atoms with E-state index in [2.05, 4.69) is 18.8 Å². The number of allylic oxidation sites excluding steroid dienone is 1. The van der Waals surface area contributed by atoms with E-state index < -0.39 is 17.7 Å². The zero-order valence-corrected chi connectivity index (χ0v) is 18.5. The van der Waals surface area contributed by atoms with E-state index in [-0.39, 0.29) is 17.4 Å². The van der Waals surface area contributed by atoms with Gasteiger partial charge in [0.05, 0.1) is 5.56 Å². The lowest BCUT2D eigenvalue weighted by Gasteiger charge is -2.28. The molecule has 0 unspecified atom stereocenters. The van der Waals surface area contributed by atoms with Crippen molar-refractivity contribution >= 4 is 0 Å². The Kier molecular flexibility index (Phi) is 9.05. The normalized spacial score (nSPS) is 26.1. The smallest absolute Gasteiger partial charge is 0.206 e. The molecule has 1 aromatic rings. The highest BCUT2D eigenvalue weighted by atomic mass is 19.3. The third kappa shape index (κ3) is 7.41. The molecule has 0 amide bonds. The van der Waals surface area contributed by atoms with Crippen LogP contribution in [-0.2, 0) is 6.42 Å². The predicted octanol–water partition coefficient (Wildman–Crippen LogP) is 8.44. The second-order valence-electron chi connectivity index (χ2n) is 9.49. The molecular weight excluding hydrogens is 400 g/mol. The maximum atomic E-state index is 14.5. The fraction of sp³-hybridized carbons (Fsp3) is 0.630. The van der Waals surface area contributed by atoms with Crippen LogP contribution in [0, 0.1) is 47.1 Å². The average molecular weight is 435 g/mol. The lowest BCUT2D eigenvalue weighted by Crippen LogP contribution is -2.15. The van der Waals surface area contributed by atoms with Gasteiger partial charge in [-0.05, 0) is 80.1 Å². The Bertz CT molecular complexity index is 773. The van der Waals surface area contributed by atoms with Crippen molar-refractivity contribution in [2.24, 2.45) is 23.7 Å². The standard InChI is InChI=1S/C27H34F4/c1-2-3-19-4-6-20(7-5-19)10-13-23-16-25(28)24(26(29)17-23)15-14-21-8-11-22(12-9-21)18-27(30)31/h16-22H,2-13H2,1H3. The molecule has 0 heterocycles. The summed E-state index contributed by atoms with van der Waals surface area (Å²) in [7, 11) is 0. The molecule has 1 aromatic carbocycles. The van der Waals surface area contributed by atoms with Crippen molar-refractivity contribution in [2.45, 2.75) is 84.0 Å². The summed E-state index contributed by atoms with van der Waals surface area (Å²) in [5, 5.41) is 0. The van der Waals surface area contributed by atoms with E-state index in [9.17, 15) is 17.6 Å². The van der Waals surface area contributed by atoms with Crippen LogP contribution < -0.4 is 0 Å². The highest BCUT2D eigenvalue weighted by Crippen LogP contribution is 2.34. The van der Waals surface area contributed by atoms with Crippen LogP contribution in [0.2, 0.25) is 0 Å². The van der Waals surface area contributed by atoms with Gasteiger partial charge < -0.3 is 0 Å². The summed E-state index contributed by atoms with van der Waals surface area (Å²) in [6.07, 6.45) is 11.3. The Balaban J connectivity index is 1.52. The maximum Gasteiger partial charge on any atom is 0.266 e. The summed E-state index contributed by atoms with van der Waals surface area (Å²) in [5.41, 5.74) is 0.539. The maximum absolute atomic E-state index is 14.5. The molecule has 0 saturated heterocycles. The van der Waals surface area contributed by atoms with Crippen LogP contribution in [0.15, 0.2) is 24.3 Å². The molecule has 31 heavy (non-hydrogen) atoms. The van der Waals surface area contributed by atoms with Crippen molar-refractivity contribution in [1.82, 2.24) is 0 Å². The molecule has 4 heteroatoms. The fourth-order valence-corrected chi connectivity index (χ4v) is 5.26. The van der Waals surface area contributed by atoms with Crippen molar-refractivity contribution in [1.29, 1.82) is 0 Å². The summed E-state index contributed by atoms with van der Waals surface area (Å²) in [5.74, 6) is 5.90. The minimum atomic E-state index is -1.64. The molecule has 0 aromatic heterocycles. The first-order valence-corrected chi connectivity index (χ1v) is 12.0. The van der Waals surface area contributed by atoms with Crippen molar-refractivity contribution < 1.29 is 17.6 Å². The van der Waals surface area contributed by atoms with Crippen LogP contribution in [0.25, 0.3) is 0 Å². The van der Waals surface area contributed by atoms with Crippen LogP contribution in [0.5, 0.6) is 0 Å². The van der Waals surface area contributed by atoms with Crippen LogP contribution in [-0.4, -0.2) is 0 Å². The van der Waals surface area contributed by atoms with Crippen molar-refractivity contribution in [3.8, 4) is 11.8 Å². The molecule has 0 spiro atoms. The van der Waals surface area contributed by atoms with E-state index in [1.165, 1.54) is 50.7 Å². The second kappa shape index (κ2) is 11.7.